The van der Waals surface area contributed by atoms with Gasteiger partial charge in [0.2, 0.25) is 0 Å². The van der Waals surface area contributed by atoms with Gasteiger partial charge in [0.05, 0.1) is 36.3 Å². The van der Waals surface area contributed by atoms with Crippen LogP contribution in [0, 0.1) is 40.4 Å². The molecule has 0 rings (SSSR count). The van der Waals surface area contributed by atoms with Crippen LogP contribution < -0.4 is 31.9 Å². The molecule has 0 radical (unpaired) electrons. The van der Waals surface area contributed by atoms with Crippen LogP contribution in [0.15, 0.2) is 4.58 Å². The molecular formula is C54H111N7O8S6. The molecule has 0 fully saturated rings. The van der Waals surface area contributed by atoms with Crippen molar-refractivity contribution in [1.82, 2.24) is 31.9 Å². The molecule has 75 heavy (non-hydrogen) atoms. The van der Waals surface area contributed by atoms with Gasteiger partial charge in [0.15, 0.2) is 34.7 Å². The van der Waals surface area contributed by atoms with Gasteiger partial charge in [-0.3, -0.25) is 28.8 Å². The number of nitrogens with zero attached hydrogens (tertiary/aromatic N) is 1. The van der Waals surface area contributed by atoms with Crippen LogP contribution in [0.5, 0.6) is 0 Å². The van der Waals surface area contributed by atoms with Gasteiger partial charge in [0.25, 0.3) is 0 Å². The summed E-state index contributed by atoms with van der Waals surface area (Å²) in [6, 6.07) is 0.806. The molecule has 21 heteroatoms. The summed E-state index contributed by atoms with van der Waals surface area (Å²) in [5.74, 6) is 5.01. The Kier molecular flexibility index (Phi) is 54.7. The van der Waals surface area contributed by atoms with Gasteiger partial charge in [-0.15, -0.1) is 4.91 Å². The van der Waals surface area contributed by atoms with E-state index in [-0.39, 0.29) is 131 Å². The molecule has 7 N–H and O–H groups in total. The number of carbonyl (C=O) groups excluding carboxylic acids is 6. The molecule has 0 heterocycles. The molecule has 0 bridgehead atoms. The fraction of sp³-hybridized carbons (Fsp3) is 0.889. The molecular weight excluding hydrogens is 1070 g/mol. The summed E-state index contributed by atoms with van der Waals surface area (Å²) >= 11 is 9.89. The highest BCUT2D eigenvalue weighted by Crippen LogP contribution is 2.25. The average molecular weight is 1180 g/mol. The molecule has 0 spiro atoms. The molecule has 0 aromatic carbocycles. The highest BCUT2D eigenvalue weighted by atomic mass is 33.1. The number of rotatable bonds is 36. The maximum Gasteiger partial charge on any atom is 0.153 e. The van der Waals surface area contributed by atoms with Gasteiger partial charge < -0.3 is 36.5 Å². The molecule has 0 aromatic rings. The first-order valence-electron chi connectivity index (χ1n) is 27.0. The van der Waals surface area contributed by atoms with Gasteiger partial charge in [0, 0.05) is 123 Å². The molecule has 0 saturated carbocycles. The molecule has 0 aliphatic rings. The molecule has 446 valence electrons. The molecule has 6 unspecified atom stereocenters. The highest BCUT2D eigenvalue weighted by molar-refractivity contribution is 8.76. The second-order valence-electron chi connectivity index (χ2n) is 22.2. The van der Waals surface area contributed by atoms with Crippen LogP contribution in [0.2, 0.25) is 0 Å². The Hall–Kier alpha value is -0.560. The van der Waals surface area contributed by atoms with Crippen LogP contribution >= 0.6 is 70.8 Å². The Bertz CT molecular complexity index is 1450. The predicted molar refractivity (Wildman–Crippen MR) is 337 cm³/mol. The van der Waals surface area contributed by atoms with Crippen molar-refractivity contribution in [3.8, 4) is 0 Å². The molecule has 6 atom stereocenters. The van der Waals surface area contributed by atoms with E-state index in [0.29, 0.717) is 47.1 Å². The van der Waals surface area contributed by atoms with Crippen LogP contribution in [-0.4, -0.2) is 146 Å². The first kappa shape index (κ1) is 83.3. The lowest BCUT2D eigenvalue weighted by Gasteiger charge is -2.23. The zero-order valence-electron chi connectivity index (χ0n) is 50.9. The van der Waals surface area contributed by atoms with E-state index < -0.39 is 0 Å². The van der Waals surface area contributed by atoms with Crippen LogP contribution in [-0.2, 0) is 28.8 Å². The van der Waals surface area contributed by atoms with E-state index in [1.807, 2.05) is 138 Å². The largest absolute Gasteiger partial charge is 0.330 e. The summed E-state index contributed by atoms with van der Waals surface area (Å²) in [4.78, 5) is 80.8. The summed E-state index contributed by atoms with van der Waals surface area (Å²) in [6.07, 6.45) is 0. The van der Waals surface area contributed by atoms with Crippen molar-refractivity contribution < 1.29 is 33.3 Å². The topological polar surface area (TPSA) is 224 Å². The van der Waals surface area contributed by atoms with Crippen LogP contribution in [0.25, 0.3) is 0 Å². The van der Waals surface area contributed by atoms with Crippen molar-refractivity contribution >= 4 is 106 Å². The van der Waals surface area contributed by atoms with E-state index >= 15 is 0 Å². The Morgan fingerprint density at radius 3 is 0.707 bits per heavy atom. The molecule has 0 saturated heterocycles. The lowest BCUT2D eigenvalue weighted by Crippen LogP contribution is -2.45. The van der Waals surface area contributed by atoms with Crippen molar-refractivity contribution in [2.45, 2.75) is 239 Å². The van der Waals surface area contributed by atoms with Gasteiger partial charge in [-0.25, -0.2) is 0 Å². The summed E-state index contributed by atoms with van der Waals surface area (Å²) in [5.41, 5.74) is 0. The minimum atomic E-state index is -0.266. The van der Waals surface area contributed by atoms with E-state index in [1.165, 1.54) is 0 Å². The highest BCUT2D eigenvalue weighted by Gasteiger charge is 2.26. The van der Waals surface area contributed by atoms with Crippen molar-refractivity contribution in [3.63, 3.8) is 0 Å². The zero-order valence-corrected chi connectivity index (χ0v) is 56.0. The predicted octanol–water partition coefficient (Wildman–Crippen LogP) is 10.3. The van der Waals surface area contributed by atoms with E-state index in [4.69, 9.17) is 4.55 Å². The third-order valence-electron chi connectivity index (χ3n) is 10.1. The van der Waals surface area contributed by atoms with Crippen molar-refractivity contribution in [1.29, 1.82) is 0 Å². The second kappa shape index (κ2) is 49.3. The lowest BCUT2D eigenvalue weighted by molar-refractivity contribution is -0.124. The third-order valence-corrected chi connectivity index (χ3v) is 14.4. The minimum Gasteiger partial charge on any atom is -0.330 e. The maximum atomic E-state index is 12.3. The Labute approximate surface area is 485 Å². The number of nitrogens with one attached hydrogen (secondary N) is 6. The van der Waals surface area contributed by atoms with Gasteiger partial charge in [-0.1, -0.05) is 188 Å². The van der Waals surface area contributed by atoms with Gasteiger partial charge in [-0.05, 0) is 12.0 Å². The number of nitroso groups, excluding NO2 is 1. The monoisotopic (exact) mass is 1180 g/mol. The fourth-order valence-corrected chi connectivity index (χ4v) is 10.4. The van der Waals surface area contributed by atoms with Crippen LogP contribution in [0.4, 0.5) is 0 Å². The zero-order chi connectivity index (χ0) is 59.9. The SMILES string of the molecule is CC(C)NC(CS)C(=O)C(C)C.CC(C)NC(CS)C(=O)C(C)C.CC(C)NC(CSN=O)C(=O)C(C)C.CC(C)NC(CSO)C(=O)C(C)C.CC(C)NC(CSSCC(NC(C)C)C(=O)C(C)C)C(=O)C(C)C. The van der Waals surface area contributed by atoms with E-state index in [1.54, 1.807) is 21.6 Å². The van der Waals surface area contributed by atoms with Crippen molar-refractivity contribution in [2.24, 2.45) is 40.1 Å². The summed E-state index contributed by atoms with van der Waals surface area (Å²) in [7, 11) is 3.35. The van der Waals surface area contributed by atoms with Gasteiger partial charge in [0.1, 0.15) is 0 Å². The minimum absolute atomic E-state index is 0.0153. The van der Waals surface area contributed by atoms with Crippen molar-refractivity contribution in [3.05, 3.63) is 4.91 Å². The quantitative estimate of drug-likeness (QED) is 0.00710. The number of carbonyl (C=O) groups is 6. The first-order chi connectivity index (χ1) is 34.5. The number of thiol groups is 2. The summed E-state index contributed by atoms with van der Waals surface area (Å²) < 4.78 is 11.4. The Balaban J connectivity index is -0.000000282. The number of hydrogen-bond acceptors (Lipinski definition) is 21. The van der Waals surface area contributed by atoms with Gasteiger partial charge >= 0.3 is 0 Å². The Morgan fingerprint density at radius 2 is 0.533 bits per heavy atom. The molecule has 0 aliphatic carbocycles. The maximum absolute atomic E-state index is 12.3. The molecule has 15 nitrogen and oxygen atoms in total. The van der Waals surface area contributed by atoms with Crippen LogP contribution in [0.3, 0.4) is 0 Å². The van der Waals surface area contributed by atoms with Crippen molar-refractivity contribution in [2.75, 3.05) is 34.5 Å². The normalized spacial score (nSPS) is 14.0. The standard InChI is InChI=1S/C18H36N2O2S2.C9H18N2O2S.C9H19NO2S.2C9H19NOS/c1-11(2)17(21)15(19-13(5)6)9-23-24-10-16(20-14(7)8)18(22)12(3)4;1-6(2)9(12)8(5-14-11-13)10-7(3)4;1-6(2)9(11)8(5-13-12)10-7(3)4;2*1-6(2)9(11)8(5-12)10-7(3)4/h11-16,19-20H,9-10H2,1-8H3;6-8,10H,5H2,1-4H3;6-8,10,12H,5H2,1-4H3;2*6-8,10,12H,5H2,1-4H3. The summed E-state index contributed by atoms with van der Waals surface area (Å²) in [5, 5.41) is 19.3. The van der Waals surface area contributed by atoms with E-state index in [9.17, 15) is 33.7 Å². The van der Waals surface area contributed by atoms with E-state index in [2.05, 4.69) is 89.4 Å². The van der Waals surface area contributed by atoms with Gasteiger partial charge in [-0.2, -0.15) is 25.3 Å². The average Bonchev–Trinajstić information content (AvgIpc) is 3.30. The number of hydrogen-bond donors (Lipinski definition) is 9. The second-order valence-corrected chi connectivity index (χ2v) is 26.8. The molecule has 0 amide bonds. The first-order valence-corrected chi connectivity index (χ1v) is 32.6. The van der Waals surface area contributed by atoms with E-state index in [0.717, 1.165) is 23.5 Å². The summed E-state index contributed by atoms with van der Waals surface area (Å²) in [6.45, 7) is 47.2. The molecule has 0 aromatic heterocycles. The smallest absolute Gasteiger partial charge is 0.153 e. The number of ketones is 6. The van der Waals surface area contributed by atoms with Crippen LogP contribution in [0.1, 0.15) is 166 Å². The lowest BCUT2D eigenvalue weighted by atomic mass is 10.0. The number of Topliss-reactive ketones (excluding diaryl/α,β-unsaturated/α-hetero) is 6. The molecule has 0 aliphatic heterocycles. The third kappa shape index (κ3) is 46.9. The fourth-order valence-electron chi connectivity index (χ4n) is 6.54. The Morgan fingerprint density at radius 1 is 0.347 bits per heavy atom.